The average molecular weight is 306 g/mol. The van der Waals surface area contributed by atoms with Crippen LogP contribution in [-0.4, -0.2) is 12.0 Å². The molecule has 0 saturated carbocycles. The molecule has 0 aliphatic carbocycles. The van der Waals surface area contributed by atoms with E-state index in [4.69, 9.17) is 0 Å². The minimum Gasteiger partial charge on any atom is -0.300 e. The number of halogens is 1. The molecule has 94 valence electrons. The number of benzene rings is 1. The minimum absolute atomic E-state index is 0.160. The van der Waals surface area contributed by atoms with Gasteiger partial charge >= 0.3 is 0 Å². The van der Waals surface area contributed by atoms with Crippen molar-refractivity contribution in [1.29, 1.82) is 0 Å². The summed E-state index contributed by atoms with van der Waals surface area (Å²) in [6.45, 7) is 5.47. The molecule has 3 heteroatoms. The van der Waals surface area contributed by atoms with Crippen LogP contribution < -0.4 is 0 Å². The third-order valence-corrected chi connectivity index (χ3v) is 3.87. The summed E-state index contributed by atoms with van der Waals surface area (Å²) >= 11 is 3.50. The maximum absolute atomic E-state index is 11.2. The van der Waals surface area contributed by atoms with Gasteiger partial charge in [-0.05, 0) is 43.5 Å². The molecule has 0 aromatic heterocycles. The van der Waals surface area contributed by atoms with E-state index < -0.39 is 0 Å². The van der Waals surface area contributed by atoms with Crippen LogP contribution in [0.4, 0.5) is 5.69 Å². The van der Waals surface area contributed by atoms with Crippen LogP contribution in [0.5, 0.6) is 0 Å². The lowest BCUT2D eigenvalue weighted by Crippen LogP contribution is -2.25. The second-order valence-corrected chi connectivity index (χ2v) is 5.69. The van der Waals surface area contributed by atoms with Crippen LogP contribution in [0.15, 0.2) is 40.3 Å². The number of hydrogen-bond acceptors (Lipinski definition) is 2. The molecule has 1 atom stereocenters. The lowest BCUT2D eigenvalue weighted by atomic mass is 9.75. The summed E-state index contributed by atoms with van der Waals surface area (Å²) in [7, 11) is 0. The number of carbonyl (C=O) groups excluding carboxylic acids is 1. The predicted molar refractivity (Wildman–Crippen MR) is 78.7 cm³/mol. The van der Waals surface area contributed by atoms with Crippen molar-refractivity contribution in [2.45, 2.75) is 31.6 Å². The highest BCUT2D eigenvalue weighted by atomic mass is 79.9. The van der Waals surface area contributed by atoms with Crippen LogP contribution in [0, 0.1) is 0 Å². The molecule has 1 aliphatic rings. The summed E-state index contributed by atoms with van der Waals surface area (Å²) in [5.41, 5.74) is 2.04. The molecule has 1 aromatic carbocycles. The van der Waals surface area contributed by atoms with E-state index in [1.54, 1.807) is 6.92 Å². The number of carbonyl (C=O) groups is 1. The monoisotopic (exact) mass is 305 g/mol. The van der Waals surface area contributed by atoms with E-state index in [1.165, 1.54) is 5.56 Å². The smallest absolute Gasteiger partial charge is 0.129 e. The van der Waals surface area contributed by atoms with E-state index in [-0.39, 0.29) is 11.2 Å². The summed E-state index contributed by atoms with van der Waals surface area (Å²) in [4.78, 5) is 15.7. The molecule has 1 heterocycles. The Kier molecular flexibility index (Phi) is 3.81. The van der Waals surface area contributed by atoms with E-state index >= 15 is 0 Å². The molecule has 1 aliphatic heterocycles. The standard InChI is InChI=1S/C15H16BrNO/c1-3-7-15(8-6-11(2)18)10-17-14-5-4-12(16)9-13(14)15/h3-5,9-10H,1,6-8H2,2H3/t15-/m0/s1. The summed E-state index contributed by atoms with van der Waals surface area (Å²) in [6.07, 6.45) is 6.07. The van der Waals surface area contributed by atoms with E-state index in [2.05, 4.69) is 33.6 Å². The van der Waals surface area contributed by atoms with Crippen molar-refractivity contribution in [3.63, 3.8) is 0 Å². The van der Waals surface area contributed by atoms with E-state index in [9.17, 15) is 4.79 Å². The molecule has 0 spiro atoms. The van der Waals surface area contributed by atoms with Crippen LogP contribution >= 0.6 is 15.9 Å². The van der Waals surface area contributed by atoms with Gasteiger partial charge in [0.1, 0.15) is 5.78 Å². The van der Waals surface area contributed by atoms with Crippen LogP contribution in [0.2, 0.25) is 0 Å². The molecule has 0 N–H and O–H groups in total. The molecule has 18 heavy (non-hydrogen) atoms. The Balaban J connectivity index is 2.39. The lowest BCUT2D eigenvalue weighted by molar-refractivity contribution is -0.117. The molecular formula is C15H16BrNO. The van der Waals surface area contributed by atoms with E-state index in [0.717, 1.165) is 23.0 Å². The van der Waals surface area contributed by atoms with Gasteiger partial charge in [-0.3, -0.25) is 4.99 Å². The fourth-order valence-corrected chi connectivity index (χ4v) is 2.76. The normalized spacial score (nSPS) is 20.8. The number of hydrogen-bond donors (Lipinski definition) is 0. The van der Waals surface area contributed by atoms with Crippen molar-refractivity contribution in [2.75, 3.05) is 0 Å². The number of allylic oxidation sites excluding steroid dienone is 1. The summed E-state index contributed by atoms with van der Waals surface area (Å²) in [5, 5.41) is 0. The van der Waals surface area contributed by atoms with Crippen molar-refractivity contribution < 1.29 is 4.79 Å². The first-order valence-corrected chi connectivity index (χ1v) is 6.82. The predicted octanol–water partition coefficient (Wildman–Crippen LogP) is 4.35. The number of ketones is 1. The molecule has 0 unspecified atom stereocenters. The Morgan fingerprint density at radius 1 is 1.56 bits per heavy atom. The SMILES string of the molecule is C=CC[C@]1(CCC(C)=O)C=Nc2ccc(Br)cc21. The van der Waals surface area contributed by atoms with Crippen LogP contribution in [0.1, 0.15) is 31.7 Å². The van der Waals surface area contributed by atoms with Crippen molar-refractivity contribution in [3.8, 4) is 0 Å². The van der Waals surface area contributed by atoms with Gasteiger partial charge in [0.15, 0.2) is 0 Å². The Morgan fingerprint density at radius 3 is 3.00 bits per heavy atom. The van der Waals surface area contributed by atoms with E-state index in [1.807, 2.05) is 24.4 Å². The van der Waals surface area contributed by atoms with Gasteiger partial charge in [-0.15, -0.1) is 6.58 Å². The Morgan fingerprint density at radius 2 is 2.33 bits per heavy atom. The van der Waals surface area contributed by atoms with Gasteiger partial charge in [0.25, 0.3) is 0 Å². The van der Waals surface area contributed by atoms with Crippen LogP contribution in [0.3, 0.4) is 0 Å². The highest BCUT2D eigenvalue weighted by molar-refractivity contribution is 9.10. The largest absolute Gasteiger partial charge is 0.300 e. The van der Waals surface area contributed by atoms with E-state index in [0.29, 0.717) is 6.42 Å². The zero-order chi connectivity index (χ0) is 13.2. The molecule has 0 radical (unpaired) electrons. The lowest BCUT2D eigenvalue weighted by Gasteiger charge is -2.26. The van der Waals surface area contributed by atoms with Crippen LogP contribution in [0.25, 0.3) is 0 Å². The molecule has 1 aromatic rings. The fourth-order valence-electron chi connectivity index (χ4n) is 2.40. The summed E-state index contributed by atoms with van der Waals surface area (Å²) in [6, 6.07) is 6.10. The Hall–Kier alpha value is -1.22. The number of rotatable bonds is 5. The Bertz CT molecular complexity index is 521. The number of aliphatic imine (C=N–C) groups is 1. The third-order valence-electron chi connectivity index (χ3n) is 3.38. The number of fused-ring (bicyclic) bond motifs is 1. The first-order valence-electron chi connectivity index (χ1n) is 6.03. The Labute approximate surface area is 116 Å². The van der Waals surface area contributed by atoms with Gasteiger partial charge in [0, 0.05) is 22.5 Å². The highest BCUT2D eigenvalue weighted by Crippen LogP contribution is 2.43. The zero-order valence-corrected chi connectivity index (χ0v) is 12.0. The average Bonchev–Trinajstić information content (AvgIpc) is 2.67. The van der Waals surface area contributed by atoms with Crippen molar-refractivity contribution in [1.82, 2.24) is 0 Å². The second kappa shape index (κ2) is 5.19. The third kappa shape index (κ3) is 2.46. The first-order chi connectivity index (χ1) is 8.57. The van der Waals surface area contributed by atoms with Crippen LogP contribution in [-0.2, 0) is 10.2 Å². The van der Waals surface area contributed by atoms with Gasteiger partial charge in [0.2, 0.25) is 0 Å². The van der Waals surface area contributed by atoms with Gasteiger partial charge in [-0.25, -0.2) is 0 Å². The van der Waals surface area contributed by atoms with Gasteiger partial charge in [-0.1, -0.05) is 22.0 Å². The maximum Gasteiger partial charge on any atom is 0.129 e. The molecular weight excluding hydrogens is 290 g/mol. The second-order valence-electron chi connectivity index (χ2n) is 4.77. The fraction of sp³-hybridized carbons (Fsp3) is 0.333. The topological polar surface area (TPSA) is 29.4 Å². The minimum atomic E-state index is -0.160. The molecule has 0 fully saturated rings. The first kappa shape index (κ1) is 13.2. The molecule has 0 bridgehead atoms. The summed E-state index contributed by atoms with van der Waals surface area (Å²) < 4.78 is 1.04. The maximum atomic E-state index is 11.2. The van der Waals surface area contributed by atoms with Gasteiger partial charge in [-0.2, -0.15) is 0 Å². The zero-order valence-electron chi connectivity index (χ0n) is 10.4. The molecule has 0 amide bonds. The molecule has 0 saturated heterocycles. The molecule has 2 rings (SSSR count). The van der Waals surface area contributed by atoms with Crippen molar-refractivity contribution in [2.24, 2.45) is 4.99 Å². The quantitative estimate of drug-likeness (QED) is 0.744. The highest BCUT2D eigenvalue weighted by Gasteiger charge is 2.35. The van der Waals surface area contributed by atoms with Gasteiger partial charge < -0.3 is 4.79 Å². The number of nitrogens with zero attached hydrogens (tertiary/aromatic N) is 1. The number of Topliss-reactive ketones (excluding diaryl/α,β-unsaturated/α-hetero) is 1. The van der Waals surface area contributed by atoms with Crippen molar-refractivity contribution in [3.05, 3.63) is 40.9 Å². The van der Waals surface area contributed by atoms with Gasteiger partial charge in [0.05, 0.1) is 5.69 Å². The molecule has 2 nitrogen and oxygen atoms in total. The summed E-state index contributed by atoms with van der Waals surface area (Å²) in [5.74, 6) is 0.218. The van der Waals surface area contributed by atoms with Crippen molar-refractivity contribution >= 4 is 33.6 Å².